The van der Waals surface area contributed by atoms with Crippen molar-refractivity contribution in [2.75, 3.05) is 12.8 Å². The summed E-state index contributed by atoms with van der Waals surface area (Å²) < 4.78 is 14.4. The van der Waals surface area contributed by atoms with E-state index in [-0.39, 0.29) is 5.82 Å². The van der Waals surface area contributed by atoms with Crippen molar-refractivity contribution in [3.8, 4) is 0 Å². The van der Waals surface area contributed by atoms with Crippen molar-refractivity contribution in [1.82, 2.24) is 5.32 Å². The number of likely N-dealkylation sites (N-methyl/N-ethyl adjacent to an activating group) is 1. The number of nitrogens with one attached hydrogen (secondary N) is 1. The highest BCUT2D eigenvalue weighted by molar-refractivity contribution is 9.10. The molecule has 112 valence electrons. The Morgan fingerprint density at radius 2 is 2.15 bits per heavy atom. The first-order valence-corrected chi connectivity index (χ1v) is 9.68. The van der Waals surface area contributed by atoms with Crippen molar-refractivity contribution < 1.29 is 4.39 Å². The van der Waals surface area contributed by atoms with Crippen LogP contribution in [0, 0.1) is 5.82 Å². The van der Waals surface area contributed by atoms with Gasteiger partial charge >= 0.3 is 0 Å². The molecule has 0 radical (unpaired) electrons. The van der Waals surface area contributed by atoms with E-state index >= 15 is 0 Å². The molecule has 4 atom stereocenters. The Balaban J connectivity index is 2.07. The molecule has 0 bridgehead atoms. The number of hydrogen-bond acceptors (Lipinski definition) is 3. The second-order valence-electron chi connectivity index (χ2n) is 5.25. The van der Waals surface area contributed by atoms with Gasteiger partial charge in [0, 0.05) is 32.0 Å². The van der Waals surface area contributed by atoms with E-state index in [0.717, 1.165) is 27.5 Å². The number of halogens is 2. The topological polar surface area (TPSA) is 12.0 Å². The third-order valence-electron chi connectivity index (χ3n) is 3.84. The molecule has 1 nitrogen and oxygen atoms in total. The van der Waals surface area contributed by atoms with Crippen LogP contribution in [0.1, 0.15) is 19.4 Å². The molecule has 0 amide bonds. The van der Waals surface area contributed by atoms with E-state index in [1.807, 2.05) is 18.8 Å². The van der Waals surface area contributed by atoms with Gasteiger partial charge in [0.15, 0.2) is 0 Å². The first kappa shape index (κ1) is 16.7. The summed E-state index contributed by atoms with van der Waals surface area (Å²) in [5.41, 5.74) is 1.04. The van der Waals surface area contributed by atoms with Gasteiger partial charge < -0.3 is 5.32 Å². The third kappa shape index (κ3) is 4.15. The summed E-state index contributed by atoms with van der Waals surface area (Å²) in [6.07, 6.45) is 0.855. The predicted octanol–water partition coefficient (Wildman–Crippen LogP) is 4.34. The van der Waals surface area contributed by atoms with Crippen LogP contribution in [0.15, 0.2) is 22.7 Å². The Labute approximate surface area is 138 Å². The molecule has 0 saturated carbocycles. The first-order valence-electron chi connectivity index (χ1n) is 6.89. The second kappa shape index (κ2) is 7.52. The summed E-state index contributed by atoms with van der Waals surface area (Å²) in [5.74, 6) is 1.000. The van der Waals surface area contributed by atoms with Crippen molar-refractivity contribution in [1.29, 1.82) is 0 Å². The maximum atomic E-state index is 13.4. The monoisotopic (exact) mass is 377 g/mol. The molecule has 0 aliphatic carbocycles. The summed E-state index contributed by atoms with van der Waals surface area (Å²) in [4.78, 5) is 0. The van der Waals surface area contributed by atoms with Gasteiger partial charge in [0.05, 0.1) is 0 Å². The maximum absolute atomic E-state index is 13.4. The van der Waals surface area contributed by atoms with Gasteiger partial charge in [-0.25, -0.2) is 4.39 Å². The Hall–Kier alpha value is 0.290. The average Bonchev–Trinajstić information content (AvgIpc) is 2.43. The number of hydrogen-bond donors (Lipinski definition) is 1. The van der Waals surface area contributed by atoms with Gasteiger partial charge in [0.2, 0.25) is 0 Å². The quantitative estimate of drug-likeness (QED) is 0.837. The number of rotatable bonds is 4. The lowest BCUT2D eigenvalue weighted by Crippen LogP contribution is -2.43. The molecular formula is C15H21BrFNS2. The Morgan fingerprint density at radius 3 is 2.80 bits per heavy atom. The van der Waals surface area contributed by atoms with E-state index < -0.39 is 0 Å². The van der Waals surface area contributed by atoms with E-state index in [1.54, 1.807) is 12.1 Å². The van der Waals surface area contributed by atoms with Crippen LogP contribution < -0.4 is 5.32 Å². The first-order chi connectivity index (χ1) is 9.51. The molecule has 1 aromatic carbocycles. The van der Waals surface area contributed by atoms with Crippen LogP contribution in [0.25, 0.3) is 0 Å². The molecule has 1 N–H and O–H groups in total. The molecule has 1 saturated heterocycles. The largest absolute Gasteiger partial charge is 0.316 e. The molecule has 4 unspecified atom stereocenters. The zero-order valence-corrected chi connectivity index (χ0v) is 15.2. The van der Waals surface area contributed by atoms with Crippen LogP contribution in [0.5, 0.6) is 0 Å². The van der Waals surface area contributed by atoms with Crippen LogP contribution >= 0.6 is 39.5 Å². The lowest BCUT2D eigenvalue weighted by atomic mass is 10.0. The minimum absolute atomic E-state index is 0.161. The van der Waals surface area contributed by atoms with Gasteiger partial charge in [0.25, 0.3) is 0 Å². The standard InChI is InChI=1S/C15H21BrFNS2/c1-9-10(2)20-15(8-19-9)14(18-3)7-11-6-12(17)4-5-13(11)16/h4-6,9-10,14-15,18H,7-8H2,1-3H3. The number of benzene rings is 1. The van der Waals surface area contributed by atoms with Crippen LogP contribution in [0.2, 0.25) is 0 Å². The van der Waals surface area contributed by atoms with Gasteiger partial charge in [-0.1, -0.05) is 29.8 Å². The van der Waals surface area contributed by atoms with Gasteiger partial charge in [-0.3, -0.25) is 0 Å². The average molecular weight is 378 g/mol. The lowest BCUT2D eigenvalue weighted by molar-refractivity contribution is 0.549. The van der Waals surface area contributed by atoms with Crippen LogP contribution in [0.4, 0.5) is 4.39 Å². The summed E-state index contributed by atoms with van der Waals surface area (Å²) in [6.45, 7) is 4.61. The third-order valence-corrected chi connectivity index (χ3v) is 8.17. The molecule has 1 fully saturated rings. The second-order valence-corrected chi connectivity index (χ2v) is 9.14. The molecular weight excluding hydrogens is 357 g/mol. The lowest BCUT2D eigenvalue weighted by Gasteiger charge is -2.36. The van der Waals surface area contributed by atoms with Crippen molar-refractivity contribution in [2.24, 2.45) is 0 Å². The van der Waals surface area contributed by atoms with Crippen molar-refractivity contribution >= 4 is 39.5 Å². The highest BCUT2D eigenvalue weighted by atomic mass is 79.9. The fraction of sp³-hybridized carbons (Fsp3) is 0.600. The summed E-state index contributed by atoms with van der Waals surface area (Å²) >= 11 is 7.64. The van der Waals surface area contributed by atoms with E-state index in [4.69, 9.17) is 0 Å². The molecule has 0 aromatic heterocycles. The fourth-order valence-corrected chi connectivity index (χ4v) is 5.95. The van der Waals surface area contributed by atoms with Crippen molar-refractivity contribution in [3.05, 3.63) is 34.1 Å². The normalized spacial score (nSPS) is 28.4. The minimum atomic E-state index is -0.161. The Kier molecular flexibility index (Phi) is 6.26. The molecule has 2 rings (SSSR count). The molecule has 1 heterocycles. The van der Waals surface area contributed by atoms with E-state index in [0.29, 0.717) is 16.5 Å². The molecule has 5 heteroatoms. The molecule has 0 spiro atoms. The summed E-state index contributed by atoms with van der Waals surface area (Å²) in [5, 5.41) is 5.39. The Bertz CT molecular complexity index is 457. The van der Waals surface area contributed by atoms with Crippen LogP contribution in [-0.4, -0.2) is 34.6 Å². The molecule has 1 aliphatic rings. The molecule has 20 heavy (non-hydrogen) atoms. The van der Waals surface area contributed by atoms with Gasteiger partial charge in [0.1, 0.15) is 5.82 Å². The summed E-state index contributed by atoms with van der Waals surface area (Å²) in [6, 6.07) is 5.31. The fourth-order valence-electron chi connectivity index (χ4n) is 2.37. The smallest absolute Gasteiger partial charge is 0.123 e. The molecule has 1 aromatic rings. The van der Waals surface area contributed by atoms with E-state index in [2.05, 4.69) is 46.9 Å². The van der Waals surface area contributed by atoms with E-state index in [1.165, 1.54) is 6.07 Å². The van der Waals surface area contributed by atoms with Crippen LogP contribution in [-0.2, 0) is 6.42 Å². The number of thioether (sulfide) groups is 2. The SMILES string of the molecule is CNC(Cc1cc(F)ccc1Br)C1CSC(C)C(C)S1. The Morgan fingerprint density at radius 1 is 1.40 bits per heavy atom. The zero-order chi connectivity index (χ0) is 14.7. The minimum Gasteiger partial charge on any atom is -0.316 e. The van der Waals surface area contributed by atoms with Crippen molar-refractivity contribution in [2.45, 2.75) is 42.1 Å². The van der Waals surface area contributed by atoms with Gasteiger partial charge in [-0.2, -0.15) is 23.5 Å². The highest BCUT2D eigenvalue weighted by Crippen LogP contribution is 2.37. The zero-order valence-electron chi connectivity index (χ0n) is 12.0. The maximum Gasteiger partial charge on any atom is 0.123 e. The van der Waals surface area contributed by atoms with E-state index in [9.17, 15) is 4.39 Å². The summed E-state index contributed by atoms with van der Waals surface area (Å²) in [7, 11) is 2.01. The molecule has 1 aliphatic heterocycles. The van der Waals surface area contributed by atoms with Crippen molar-refractivity contribution in [3.63, 3.8) is 0 Å². The van der Waals surface area contributed by atoms with Gasteiger partial charge in [-0.15, -0.1) is 0 Å². The van der Waals surface area contributed by atoms with Crippen LogP contribution in [0.3, 0.4) is 0 Å². The predicted molar refractivity (Wildman–Crippen MR) is 93.4 cm³/mol. The highest BCUT2D eigenvalue weighted by Gasteiger charge is 2.30. The van der Waals surface area contributed by atoms with Gasteiger partial charge in [-0.05, 0) is 37.2 Å².